The number of hydrogen-bond acceptors (Lipinski definition) is 5. The van der Waals surface area contributed by atoms with Crippen LogP contribution in [-0.2, 0) is 11.2 Å². The number of carbonyl (C=O) groups is 1. The summed E-state index contributed by atoms with van der Waals surface area (Å²) in [6, 6.07) is 11.6. The summed E-state index contributed by atoms with van der Waals surface area (Å²) in [5.41, 5.74) is 1.27. The zero-order chi connectivity index (χ0) is 19.1. The number of ether oxygens (including phenoxy) is 2. The quantitative estimate of drug-likeness (QED) is 0.570. The number of methoxy groups -OCH3 is 1. The monoisotopic (exact) mass is 358 g/mol. The first-order valence-electron chi connectivity index (χ1n) is 8.37. The van der Waals surface area contributed by atoms with Crippen LogP contribution in [0.1, 0.15) is 25.8 Å². The highest BCUT2D eigenvalue weighted by atomic mass is 16.6. The average Bonchev–Trinajstić information content (AvgIpc) is 2.66. The SMILES string of the molecule is CCc1ccc(OC(CC)C(=O)Nc2cc([N+](=O)[O-])ccc2OC)cc1. The smallest absolute Gasteiger partial charge is 0.271 e. The first kappa shape index (κ1) is 19.2. The lowest BCUT2D eigenvalue weighted by Gasteiger charge is -2.18. The van der Waals surface area contributed by atoms with Crippen molar-refractivity contribution >= 4 is 17.3 Å². The number of carbonyl (C=O) groups excluding carboxylic acids is 1. The second kappa shape index (κ2) is 8.84. The molecular weight excluding hydrogens is 336 g/mol. The number of amides is 1. The van der Waals surface area contributed by atoms with Gasteiger partial charge in [0.1, 0.15) is 11.5 Å². The van der Waals surface area contributed by atoms with Crippen LogP contribution in [0.4, 0.5) is 11.4 Å². The Balaban J connectivity index is 2.15. The van der Waals surface area contributed by atoms with Gasteiger partial charge in [0.25, 0.3) is 11.6 Å². The molecule has 0 heterocycles. The molecule has 0 aliphatic rings. The molecule has 26 heavy (non-hydrogen) atoms. The topological polar surface area (TPSA) is 90.7 Å². The summed E-state index contributed by atoms with van der Waals surface area (Å²) in [7, 11) is 1.43. The minimum Gasteiger partial charge on any atom is -0.495 e. The number of nitrogens with zero attached hydrogens (tertiary/aromatic N) is 1. The van der Waals surface area contributed by atoms with Gasteiger partial charge in [-0.15, -0.1) is 0 Å². The largest absolute Gasteiger partial charge is 0.495 e. The maximum atomic E-state index is 12.6. The maximum Gasteiger partial charge on any atom is 0.271 e. The Bertz CT molecular complexity index is 774. The lowest BCUT2D eigenvalue weighted by atomic mass is 10.1. The number of aryl methyl sites for hydroxylation is 1. The minimum absolute atomic E-state index is 0.134. The zero-order valence-corrected chi connectivity index (χ0v) is 15.0. The van der Waals surface area contributed by atoms with E-state index in [4.69, 9.17) is 9.47 Å². The van der Waals surface area contributed by atoms with Crippen LogP contribution >= 0.6 is 0 Å². The molecule has 1 atom stereocenters. The van der Waals surface area contributed by atoms with Gasteiger partial charge in [-0.1, -0.05) is 26.0 Å². The van der Waals surface area contributed by atoms with Crippen molar-refractivity contribution in [2.24, 2.45) is 0 Å². The predicted molar refractivity (Wildman–Crippen MR) is 98.8 cm³/mol. The fourth-order valence-corrected chi connectivity index (χ4v) is 2.41. The second-order valence-electron chi connectivity index (χ2n) is 5.64. The Hall–Kier alpha value is -3.09. The number of nitrogens with one attached hydrogen (secondary N) is 1. The number of rotatable bonds is 8. The summed E-state index contributed by atoms with van der Waals surface area (Å²) < 4.78 is 10.9. The Morgan fingerprint density at radius 3 is 2.42 bits per heavy atom. The van der Waals surface area contributed by atoms with Gasteiger partial charge in [-0.2, -0.15) is 0 Å². The van der Waals surface area contributed by atoms with Crippen molar-refractivity contribution in [1.29, 1.82) is 0 Å². The number of non-ortho nitro benzene ring substituents is 1. The van der Waals surface area contributed by atoms with E-state index in [0.29, 0.717) is 17.9 Å². The normalized spacial score (nSPS) is 11.5. The number of anilines is 1. The summed E-state index contributed by atoms with van der Waals surface area (Å²) in [6.07, 6.45) is 0.634. The number of hydrogen-bond donors (Lipinski definition) is 1. The van der Waals surface area contributed by atoms with E-state index in [-0.39, 0.29) is 11.4 Å². The van der Waals surface area contributed by atoms with E-state index in [9.17, 15) is 14.9 Å². The van der Waals surface area contributed by atoms with Crippen LogP contribution in [-0.4, -0.2) is 24.0 Å². The Kier molecular flexibility index (Phi) is 6.54. The highest BCUT2D eigenvalue weighted by Gasteiger charge is 2.21. The van der Waals surface area contributed by atoms with Gasteiger partial charge >= 0.3 is 0 Å². The molecule has 2 aromatic carbocycles. The van der Waals surface area contributed by atoms with Gasteiger partial charge in [0.05, 0.1) is 17.7 Å². The van der Waals surface area contributed by atoms with Crippen molar-refractivity contribution in [1.82, 2.24) is 0 Å². The van der Waals surface area contributed by atoms with Crippen molar-refractivity contribution in [2.45, 2.75) is 32.8 Å². The average molecular weight is 358 g/mol. The van der Waals surface area contributed by atoms with Crippen LogP contribution in [0.3, 0.4) is 0 Å². The van der Waals surface area contributed by atoms with Gasteiger partial charge in [-0.05, 0) is 36.6 Å². The molecule has 0 radical (unpaired) electrons. The molecule has 0 saturated carbocycles. The first-order valence-corrected chi connectivity index (χ1v) is 8.37. The summed E-state index contributed by atoms with van der Waals surface area (Å²) in [4.78, 5) is 23.0. The standard InChI is InChI=1S/C19H22N2O5/c1-4-13-6-9-15(10-7-13)26-17(5-2)19(22)20-16-12-14(21(23)24)8-11-18(16)25-3/h6-12,17H,4-5H2,1-3H3,(H,20,22). The van der Waals surface area contributed by atoms with Crippen molar-refractivity contribution < 1.29 is 19.2 Å². The van der Waals surface area contributed by atoms with Crippen LogP contribution in [0.25, 0.3) is 0 Å². The molecule has 0 bridgehead atoms. The van der Waals surface area contributed by atoms with E-state index in [1.54, 1.807) is 0 Å². The third kappa shape index (κ3) is 4.72. The third-order valence-corrected chi connectivity index (χ3v) is 3.92. The molecule has 0 aliphatic carbocycles. The molecule has 2 rings (SSSR count). The predicted octanol–water partition coefficient (Wildman–Crippen LogP) is 3.96. The molecule has 0 aromatic heterocycles. The molecule has 138 valence electrons. The molecule has 1 N–H and O–H groups in total. The first-order chi connectivity index (χ1) is 12.5. The Morgan fingerprint density at radius 2 is 1.88 bits per heavy atom. The van der Waals surface area contributed by atoms with E-state index < -0.39 is 16.9 Å². The van der Waals surface area contributed by atoms with Gasteiger partial charge in [0.15, 0.2) is 6.10 Å². The molecule has 1 amide bonds. The second-order valence-corrected chi connectivity index (χ2v) is 5.64. The van der Waals surface area contributed by atoms with Gasteiger partial charge in [0.2, 0.25) is 0 Å². The molecule has 0 saturated heterocycles. The zero-order valence-electron chi connectivity index (χ0n) is 15.0. The van der Waals surface area contributed by atoms with E-state index in [1.165, 1.54) is 30.9 Å². The van der Waals surface area contributed by atoms with Gasteiger partial charge in [-0.3, -0.25) is 14.9 Å². The summed E-state index contributed by atoms with van der Waals surface area (Å²) in [6.45, 7) is 3.89. The van der Waals surface area contributed by atoms with Crippen molar-refractivity contribution in [3.63, 3.8) is 0 Å². The molecule has 7 heteroatoms. The highest BCUT2D eigenvalue weighted by Crippen LogP contribution is 2.29. The molecule has 0 fully saturated rings. The molecular formula is C19H22N2O5. The van der Waals surface area contributed by atoms with Crippen LogP contribution in [0.2, 0.25) is 0 Å². The summed E-state index contributed by atoms with van der Waals surface area (Å²) >= 11 is 0. The minimum atomic E-state index is -0.730. The van der Waals surface area contributed by atoms with Gasteiger partial charge in [0, 0.05) is 12.1 Å². The van der Waals surface area contributed by atoms with Crippen molar-refractivity contribution in [3.8, 4) is 11.5 Å². The molecule has 7 nitrogen and oxygen atoms in total. The molecule has 0 aliphatic heterocycles. The Morgan fingerprint density at radius 1 is 1.19 bits per heavy atom. The molecule has 1 unspecified atom stereocenters. The number of benzene rings is 2. The fourth-order valence-electron chi connectivity index (χ4n) is 2.41. The van der Waals surface area contributed by atoms with Gasteiger partial charge in [-0.25, -0.2) is 0 Å². The molecule has 0 spiro atoms. The molecule has 2 aromatic rings. The Labute approximate surface area is 152 Å². The number of nitro benzene ring substituents is 1. The summed E-state index contributed by atoms with van der Waals surface area (Å²) in [5.74, 6) is 0.534. The fraction of sp³-hybridized carbons (Fsp3) is 0.316. The number of nitro groups is 1. The van der Waals surface area contributed by atoms with Crippen molar-refractivity contribution in [2.75, 3.05) is 12.4 Å². The van der Waals surface area contributed by atoms with Gasteiger partial charge < -0.3 is 14.8 Å². The van der Waals surface area contributed by atoms with E-state index >= 15 is 0 Å². The van der Waals surface area contributed by atoms with Crippen molar-refractivity contribution in [3.05, 3.63) is 58.1 Å². The van der Waals surface area contributed by atoms with E-state index in [0.717, 1.165) is 6.42 Å². The van der Waals surface area contributed by atoms with E-state index in [1.807, 2.05) is 31.2 Å². The lowest BCUT2D eigenvalue weighted by Crippen LogP contribution is -2.32. The van der Waals surface area contributed by atoms with Crippen LogP contribution < -0.4 is 14.8 Å². The highest BCUT2D eigenvalue weighted by molar-refractivity contribution is 5.96. The van der Waals surface area contributed by atoms with Crippen LogP contribution in [0.5, 0.6) is 11.5 Å². The van der Waals surface area contributed by atoms with Crippen LogP contribution in [0.15, 0.2) is 42.5 Å². The van der Waals surface area contributed by atoms with E-state index in [2.05, 4.69) is 12.2 Å². The summed E-state index contributed by atoms with van der Waals surface area (Å²) in [5, 5.41) is 13.6. The lowest BCUT2D eigenvalue weighted by molar-refractivity contribution is -0.384. The maximum absolute atomic E-state index is 12.6. The van der Waals surface area contributed by atoms with Crippen LogP contribution in [0, 0.1) is 10.1 Å². The third-order valence-electron chi connectivity index (χ3n) is 3.92.